The number of benzene rings is 2. The van der Waals surface area contributed by atoms with Crippen molar-refractivity contribution in [2.45, 2.75) is 6.92 Å². The molecule has 98 valence electrons. The highest BCUT2D eigenvalue weighted by Gasteiger charge is 2.12. The highest BCUT2D eigenvalue weighted by Crippen LogP contribution is 2.29. The number of halogens is 2. The van der Waals surface area contributed by atoms with Crippen LogP contribution >= 0.6 is 28.1 Å². The summed E-state index contributed by atoms with van der Waals surface area (Å²) < 4.78 is 14.6. The number of nitrogens with two attached hydrogens (primary N) is 1. The molecule has 0 saturated carbocycles. The number of anilines is 2. The Morgan fingerprint density at radius 2 is 2.00 bits per heavy atom. The summed E-state index contributed by atoms with van der Waals surface area (Å²) in [5.41, 5.74) is 8.29. The molecule has 2 aromatic rings. The molecule has 5 heteroatoms. The van der Waals surface area contributed by atoms with Crippen molar-refractivity contribution >= 4 is 44.5 Å². The molecule has 0 atom stereocenters. The minimum atomic E-state index is -0.429. The van der Waals surface area contributed by atoms with Crippen molar-refractivity contribution in [2.75, 3.05) is 5.32 Å². The van der Waals surface area contributed by atoms with Gasteiger partial charge in [-0.2, -0.15) is 0 Å². The van der Waals surface area contributed by atoms with E-state index in [1.807, 2.05) is 25.1 Å². The van der Waals surface area contributed by atoms with E-state index in [0.29, 0.717) is 5.69 Å². The van der Waals surface area contributed by atoms with Gasteiger partial charge in [0, 0.05) is 4.47 Å². The van der Waals surface area contributed by atoms with Crippen molar-refractivity contribution in [2.24, 2.45) is 5.73 Å². The van der Waals surface area contributed by atoms with Crippen LogP contribution in [0.2, 0.25) is 0 Å². The first-order valence-electron chi connectivity index (χ1n) is 5.60. The standard InChI is InChI=1S/C14H12BrFN2S/c1-8-5-6-9(15)12(7-8)18-11-4-2-3-10(16)13(11)14(17)19/h2-7,18H,1H3,(H2,17,19). The highest BCUT2D eigenvalue weighted by atomic mass is 79.9. The van der Waals surface area contributed by atoms with Crippen LogP contribution in [0.3, 0.4) is 0 Å². The summed E-state index contributed by atoms with van der Waals surface area (Å²) in [6, 6.07) is 10.6. The van der Waals surface area contributed by atoms with Crippen molar-refractivity contribution in [3.05, 3.63) is 57.8 Å². The summed E-state index contributed by atoms with van der Waals surface area (Å²) in [5.74, 6) is -0.429. The molecular weight excluding hydrogens is 327 g/mol. The molecule has 0 saturated heterocycles. The van der Waals surface area contributed by atoms with Gasteiger partial charge in [0.15, 0.2) is 0 Å². The smallest absolute Gasteiger partial charge is 0.135 e. The minimum absolute atomic E-state index is 0.0318. The predicted molar refractivity (Wildman–Crippen MR) is 84.4 cm³/mol. The fourth-order valence-corrected chi connectivity index (χ4v) is 2.31. The second-order valence-corrected chi connectivity index (χ2v) is 5.43. The maximum atomic E-state index is 13.8. The summed E-state index contributed by atoms with van der Waals surface area (Å²) >= 11 is 8.35. The molecule has 0 radical (unpaired) electrons. The number of aryl methyl sites for hydroxylation is 1. The van der Waals surface area contributed by atoms with Gasteiger partial charge < -0.3 is 11.1 Å². The monoisotopic (exact) mass is 338 g/mol. The third kappa shape index (κ3) is 3.11. The van der Waals surface area contributed by atoms with Gasteiger partial charge in [-0.1, -0.05) is 24.4 Å². The number of rotatable bonds is 3. The normalized spacial score (nSPS) is 10.3. The van der Waals surface area contributed by atoms with E-state index in [2.05, 4.69) is 21.2 Å². The Kier molecular flexibility index (Phi) is 4.17. The second kappa shape index (κ2) is 5.67. The van der Waals surface area contributed by atoms with Gasteiger partial charge in [0.1, 0.15) is 10.8 Å². The van der Waals surface area contributed by atoms with E-state index in [0.717, 1.165) is 15.7 Å². The van der Waals surface area contributed by atoms with Crippen LogP contribution in [0.25, 0.3) is 0 Å². The largest absolute Gasteiger partial charge is 0.389 e. The number of thiocarbonyl (C=S) groups is 1. The van der Waals surface area contributed by atoms with Crippen LogP contribution in [0, 0.1) is 12.7 Å². The summed E-state index contributed by atoms with van der Waals surface area (Å²) in [6.07, 6.45) is 0. The first-order valence-corrected chi connectivity index (χ1v) is 6.80. The molecule has 0 aromatic heterocycles. The Balaban J connectivity index is 2.46. The van der Waals surface area contributed by atoms with Gasteiger partial charge in [0.25, 0.3) is 0 Å². The molecule has 3 N–H and O–H groups in total. The number of nitrogens with one attached hydrogen (secondary N) is 1. The van der Waals surface area contributed by atoms with Gasteiger partial charge in [0.2, 0.25) is 0 Å². The molecule has 0 amide bonds. The van der Waals surface area contributed by atoms with Gasteiger partial charge in [0.05, 0.1) is 16.9 Å². The zero-order valence-electron chi connectivity index (χ0n) is 10.2. The van der Waals surface area contributed by atoms with Gasteiger partial charge >= 0.3 is 0 Å². The third-order valence-electron chi connectivity index (χ3n) is 2.65. The Hall–Kier alpha value is -1.46. The molecule has 0 bridgehead atoms. The fourth-order valence-electron chi connectivity index (χ4n) is 1.76. The van der Waals surface area contributed by atoms with Crippen LogP contribution < -0.4 is 11.1 Å². The van der Waals surface area contributed by atoms with Gasteiger partial charge in [-0.3, -0.25) is 0 Å². The third-order valence-corrected chi connectivity index (χ3v) is 3.55. The van der Waals surface area contributed by atoms with Crippen LogP contribution in [0.15, 0.2) is 40.9 Å². The van der Waals surface area contributed by atoms with Crippen molar-refractivity contribution in [1.82, 2.24) is 0 Å². The molecule has 0 fully saturated rings. The molecule has 0 unspecified atom stereocenters. The number of hydrogen-bond donors (Lipinski definition) is 2. The van der Waals surface area contributed by atoms with E-state index < -0.39 is 5.82 Å². The fraction of sp³-hybridized carbons (Fsp3) is 0.0714. The van der Waals surface area contributed by atoms with Crippen LogP contribution in [-0.4, -0.2) is 4.99 Å². The summed E-state index contributed by atoms with van der Waals surface area (Å²) in [4.78, 5) is 0.0318. The first-order chi connectivity index (χ1) is 8.99. The van der Waals surface area contributed by atoms with Crippen LogP contribution in [0.4, 0.5) is 15.8 Å². The Labute approximate surface area is 124 Å². The molecule has 2 aromatic carbocycles. The lowest BCUT2D eigenvalue weighted by molar-refractivity contribution is 0.626. The average molecular weight is 339 g/mol. The Morgan fingerprint density at radius 3 is 2.68 bits per heavy atom. The molecule has 2 nitrogen and oxygen atoms in total. The molecule has 0 heterocycles. The van der Waals surface area contributed by atoms with E-state index in [9.17, 15) is 4.39 Å². The maximum absolute atomic E-state index is 13.8. The molecular formula is C14H12BrFN2S. The van der Waals surface area contributed by atoms with Gasteiger partial charge in [-0.15, -0.1) is 0 Å². The van der Waals surface area contributed by atoms with Gasteiger partial charge in [-0.05, 0) is 52.7 Å². The predicted octanol–water partition coefficient (Wildman–Crippen LogP) is 4.27. The summed E-state index contributed by atoms with van der Waals surface area (Å²) in [7, 11) is 0. The van der Waals surface area contributed by atoms with Crippen LogP contribution in [0.1, 0.15) is 11.1 Å². The van der Waals surface area contributed by atoms with E-state index >= 15 is 0 Å². The zero-order valence-corrected chi connectivity index (χ0v) is 12.6. The van der Waals surface area contributed by atoms with E-state index in [4.69, 9.17) is 18.0 Å². The quantitative estimate of drug-likeness (QED) is 0.820. The van der Waals surface area contributed by atoms with Crippen LogP contribution in [-0.2, 0) is 0 Å². The average Bonchev–Trinajstić information content (AvgIpc) is 2.33. The van der Waals surface area contributed by atoms with Gasteiger partial charge in [-0.25, -0.2) is 4.39 Å². The van der Waals surface area contributed by atoms with Crippen molar-refractivity contribution in [3.8, 4) is 0 Å². The Morgan fingerprint density at radius 1 is 1.26 bits per heavy atom. The van der Waals surface area contributed by atoms with E-state index in [1.54, 1.807) is 12.1 Å². The van der Waals surface area contributed by atoms with E-state index in [-0.39, 0.29) is 10.6 Å². The molecule has 0 aliphatic rings. The molecule has 0 aliphatic carbocycles. The van der Waals surface area contributed by atoms with E-state index in [1.165, 1.54) is 6.07 Å². The molecule has 0 aliphatic heterocycles. The highest BCUT2D eigenvalue weighted by molar-refractivity contribution is 9.10. The summed E-state index contributed by atoms with van der Waals surface area (Å²) in [6.45, 7) is 1.98. The van der Waals surface area contributed by atoms with Crippen molar-refractivity contribution in [3.63, 3.8) is 0 Å². The molecule has 2 rings (SSSR count). The lowest BCUT2D eigenvalue weighted by Crippen LogP contribution is -2.14. The lowest BCUT2D eigenvalue weighted by Gasteiger charge is -2.13. The topological polar surface area (TPSA) is 38.0 Å². The number of hydrogen-bond acceptors (Lipinski definition) is 2. The first kappa shape index (κ1) is 14.0. The summed E-state index contributed by atoms with van der Waals surface area (Å²) in [5, 5.41) is 3.15. The van der Waals surface area contributed by atoms with Crippen molar-refractivity contribution in [1.29, 1.82) is 0 Å². The molecule has 19 heavy (non-hydrogen) atoms. The Bertz CT molecular complexity index is 643. The lowest BCUT2D eigenvalue weighted by atomic mass is 10.1. The van der Waals surface area contributed by atoms with Crippen LogP contribution in [0.5, 0.6) is 0 Å². The second-order valence-electron chi connectivity index (χ2n) is 4.13. The SMILES string of the molecule is Cc1ccc(Br)c(Nc2cccc(F)c2C(N)=S)c1. The van der Waals surface area contributed by atoms with Crippen molar-refractivity contribution < 1.29 is 4.39 Å². The molecule has 0 spiro atoms. The minimum Gasteiger partial charge on any atom is -0.389 e. The zero-order chi connectivity index (χ0) is 14.0. The maximum Gasteiger partial charge on any atom is 0.135 e.